The van der Waals surface area contributed by atoms with Gasteiger partial charge in [-0.15, -0.1) is 0 Å². The number of aromatic nitrogens is 1. The molecule has 0 bridgehead atoms. The maximum absolute atomic E-state index is 12.0. The Morgan fingerprint density at radius 1 is 1.69 bits per heavy atom. The zero-order valence-corrected chi connectivity index (χ0v) is 9.22. The van der Waals surface area contributed by atoms with Gasteiger partial charge in [-0.1, -0.05) is 0 Å². The second kappa shape index (κ2) is 4.49. The lowest BCUT2D eigenvalue weighted by Gasteiger charge is -2.15. The van der Waals surface area contributed by atoms with Gasteiger partial charge in [-0.25, -0.2) is 4.98 Å². The van der Waals surface area contributed by atoms with Crippen LogP contribution in [0.4, 0.5) is 0 Å². The molecule has 1 unspecified atom stereocenters. The Kier molecular flexibility index (Phi) is 3.05. The van der Waals surface area contributed by atoms with E-state index in [1.54, 1.807) is 23.2 Å². The lowest BCUT2D eigenvalue weighted by Crippen LogP contribution is -2.31. The van der Waals surface area contributed by atoms with E-state index < -0.39 is 0 Å². The summed E-state index contributed by atoms with van der Waals surface area (Å²) in [6.45, 7) is 1.36. The van der Waals surface area contributed by atoms with Crippen molar-refractivity contribution in [3.8, 4) is 5.88 Å². The Morgan fingerprint density at radius 2 is 2.50 bits per heavy atom. The minimum Gasteiger partial charge on any atom is -0.481 e. The Bertz CT molecular complexity index is 395. The van der Waals surface area contributed by atoms with Gasteiger partial charge in [-0.05, 0) is 12.5 Å². The summed E-state index contributed by atoms with van der Waals surface area (Å²) in [6, 6.07) is 3.44. The minimum atomic E-state index is -0.00588. The summed E-state index contributed by atoms with van der Waals surface area (Å²) >= 11 is 0. The fourth-order valence-corrected chi connectivity index (χ4v) is 1.81. The lowest BCUT2D eigenvalue weighted by atomic mass is 10.2. The SMILES string of the molecule is COc1cc(C(=O)N2CCC(N)C2)ccn1. The van der Waals surface area contributed by atoms with E-state index >= 15 is 0 Å². The minimum absolute atomic E-state index is 0.00588. The molecule has 2 heterocycles. The van der Waals surface area contributed by atoms with Gasteiger partial charge in [0.1, 0.15) is 0 Å². The van der Waals surface area contributed by atoms with Crippen molar-refractivity contribution in [3.05, 3.63) is 23.9 Å². The maximum Gasteiger partial charge on any atom is 0.254 e. The van der Waals surface area contributed by atoms with Crippen molar-refractivity contribution in [3.63, 3.8) is 0 Å². The molecule has 1 amide bonds. The fourth-order valence-electron chi connectivity index (χ4n) is 1.81. The van der Waals surface area contributed by atoms with Crippen molar-refractivity contribution in [2.75, 3.05) is 20.2 Å². The molecule has 2 rings (SSSR count). The zero-order chi connectivity index (χ0) is 11.5. The standard InChI is InChI=1S/C11H15N3O2/c1-16-10-6-8(2-4-13-10)11(15)14-5-3-9(12)7-14/h2,4,6,9H,3,5,7,12H2,1H3. The lowest BCUT2D eigenvalue weighted by molar-refractivity contribution is 0.0790. The second-order valence-electron chi connectivity index (χ2n) is 3.89. The summed E-state index contributed by atoms with van der Waals surface area (Å²) in [4.78, 5) is 17.8. The topological polar surface area (TPSA) is 68.5 Å². The van der Waals surface area contributed by atoms with Crippen LogP contribution in [0.1, 0.15) is 16.8 Å². The highest BCUT2D eigenvalue weighted by Crippen LogP contribution is 2.15. The third-order valence-corrected chi connectivity index (χ3v) is 2.70. The third-order valence-electron chi connectivity index (χ3n) is 2.70. The number of amides is 1. The number of methoxy groups -OCH3 is 1. The van der Waals surface area contributed by atoms with Crippen LogP contribution in [-0.4, -0.2) is 42.0 Å². The third kappa shape index (κ3) is 2.14. The van der Waals surface area contributed by atoms with Gasteiger partial charge in [0.05, 0.1) is 7.11 Å². The van der Waals surface area contributed by atoms with E-state index in [9.17, 15) is 4.79 Å². The van der Waals surface area contributed by atoms with Gasteiger partial charge in [-0.2, -0.15) is 0 Å². The first-order valence-corrected chi connectivity index (χ1v) is 5.25. The van der Waals surface area contributed by atoms with Crippen LogP contribution in [0.2, 0.25) is 0 Å². The van der Waals surface area contributed by atoms with Gasteiger partial charge in [-0.3, -0.25) is 4.79 Å². The molecule has 2 N–H and O–H groups in total. The molecule has 0 radical (unpaired) electrons. The molecular weight excluding hydrogens is 206 g/mol. The Morgan fingerprint density at radius 3 is 3.12 bits per heavy atom. The van der Waals surface area contributed by atoms with Crippen molar-refractivity contribution in [2.45, 2.75) is 12.5 Å². The van der Waals surface area contributed by atoms with Crippen LogP contribution >= 0.6 is 0 Å². The Balaban J connectivity index is 2.14. The van der Waals surface area contributed by atoms with E-state index in [-0.39, 0.29) is 11.9 Å². The van der Waals surface area contributed by atoms with E-state index in [4.69, 9.17) is 10.5 Å². The number of nitrogens with zero attached hydrogens (tertiary/aromatic N) is 2. The van der Waals surface area contributed by atoms with E-state index in [1.165, 1.54) is 7.11 Å². The van der Waals surface area contributed by atoms with Crippen LogP contribution in [-0.2, 0) is 0 Å². The van der Waals surface area contributed by atoms with E-state index in [1.807, 2.05) is 0 Å². The summed E-state index contributed by atoms with van der Waals surface area (Å²) in [7, 11) is 1.53. The van der Waals surface area contributed by atoms with Gasteiger partial charge in [0.25, 0.3) is 5.91 Å². The summed E-state index contributed by atoms with van der Waals surface area (Å²) in [5.41, 5.74) is 6.36. The molecule has 86 valence electrons. The maximum atomic E-state index is 12.0. The van der Waals surface area contributed by atoms with Gasteiger partial charge in [0.2, 0.25) is 5.88 Å². The normalized spacial score (nSPS) is 19.9. The largest absolute Gasteiger partial charge is 0.481 e. The van der Waals surface area contributed by atoms with Crippen molar-refractivity contribution in [1.29, 1.82) is 0 Å². The summed E-state index contributed by atoms with van der Waals surface area (Å²) < 4.78 is 4.98. The van der Waals surface area contributed by atoms with Crippen molar-refractivity contribution in [1.82, 2.24) is 9.88 Å². The van der Waals surface area contributed by atoms with Crippen molar-refractivity contribution < 1.29 is 9.53 Å². The molecular formula is C11H15N3O2. The zero-order valence-electron chi connectivity index (χ0n) is 9.22. The van der Waals surface area contributed by atoms with E-state index in [2.05, 4.69) is 4.98 Å². The van der Waals surface area contributed by atoms with Gasteiger partial charge < -0.3 is 15.4 Å². The van der Waals surface area contributed by atoms with E-state index in [0.29, 0.717) is 18.0 Å². The molecule has 0 saturated carbocycles. The van der Waals surface area contributed by atoms with Crippen molar-refractivity contribution in [2.24, 2.45) is 5.73 Å². The molecule has 1 fully saturated rings. The average Bonchev–Trinajstić information content (AvgIpc) is 2.75. The van der Waals surface area contributed by atoms with Gasteiger partial charge in [0, 0.05) is 37.0 Å². The number of hydrogen-bond acceptors (Lipinski definition) is 4. The number of ether oxygens (including phenoxy) is 1. The molecule has 0 spiro atoms. The molecule has 0 aliphatic carbocycles. The van der Waals surface area contributed by atoms with E-state index in [0.717, 1.165) is 13.0 Å². The number of hydrogen-bond donors (Lipinski definition) is 1. The molecule has 5 nitrogen and oxygen atoms in total. The number of likely N-dealkylation sites (tertiary alicyclic amines) is 1. The predicted molar refractivity (Wildman–Crippen MR) is 59.3 cm³/mol. The molecule has 1 aliphatic rings. The first kappa shape index (κ1) is 10.9. The van der Waals surface area contributed by atoms with Crippen molar-refractivity contribution >= 4 is 5.91 Å². The number of pyridine rings is 1. The average molecular weight is 221 g/mol. The highest BCUT2D eigenvalue weighted by molar-refractivity contribution is 5.94. The molecule has 1 aliphatic heterocycles. The smallest absolute Gasteiger partial charge is 0.254 e. The van der Waals surface area contributed by atoms with Crippen LogP contribution in [0, 0.1) is 0 Å². The number of rotatable bonds is 2. The van der Waals surface area contributed by atoms with Crippen LogP contribution in [0.15, 0.2) is 18.3 Å². The molecule has 1 aromatic heterocycles. The first-order valence-electron chi connectivity index (χ1n) is 5.25. The summed E-state index contributed by atoms with van der Waals surface area (Å²) in [5, 5.41) is 0. The van der Waals surface area contributed by atoms with Crippen LogP contribution < -0.4 is 10.5 Å². The molecule has 1 atom stereocenters. The molecule has 1 aromatic rings. The molecule has 16 heavy (non-hydrogen) atoms. The number of carbonyl (C=O) groups excluding carboxylic acids is 1. The Labute approximate surface area is 94.2 Å². The summed E-state index contributed by atoms with van der Waals surface area (Å²) in [5.74, 6) is 0.447. The van der Waals surface area contributed by atoms with Crippen LogP contribution in [0.3, 0.4) is 0 Å². The monoisotopic (exact) mass is 221 g/mol. The quantitative estimate of drug-likeness (QED) is 0.778. The highest BCUT2D eigenvalue weighted by atomic mass is 16.5. The van der Waals surface area contributed by atoms with Crippen LogP contribution in [0.25, 0.3) is 0 Å². The Hall–Kier alpha value is -1.62. The first-order chi connectivity index (χ1) is 7.70. The fraction of sp³-hybridized carbons (Fsp3) is 0.455. The highest BCUT2D eigenvalue weighted by Gasteiger charge is 2.24. The molecule has 5 heteroatoms. The molecule has 0 aromatic carbocycles. The second-order valence-corrected chi connectivity index (χ2v) is 3.89. The van der Waals surface area contributed by atoms with Gasteiger partial charge >= 0.3 is 0 Å². The number of carbonyl (C=O) groups is 1. The van der Waals surface area contributed by atoms with Crippen LogP contribution in [0.5, 0.6) is 5.88 Å². The van der Waals surface area contributed by atoms with Gasteiger partial charge in [0.15, 0.2) is 0 Å². The number of nitrogens with two attached hydrogens (primary N) is 1. The molecule has 1 saturated heterocycles. The summed E-state index contributed by atoms with van der Waals surface area (Å²) in [6.07, 6.45) is 2.44. The predicted octanol–water partition coefficient (Wildman–Crippen LogP) is 0.263.